The molecule has 2 amide bonds. The van der Waals surface area contributed by atoms with Gasteiger partial charge in [0, 0.05) is 27.4 Å². The van der Waals surface area contributed by atoms with Gasteiger partial charge < -0.3 is 124 Å². The summed E-state index contributed by atoms with van der Waals surface area (Å²) in [5, 5.41) is 142. The van der Waals surface area contributed by atoms with Gasteiger partial charge in [-0.15, -0.1) is 0 Å². The Morgan fingerprint density at radius 3 is 1.45 bits per heavy atom. The van der Waals surface area contributed by atoms with E-state index < -0.39 is 192 Å². The van der Waals surface area contributed by atoms with Crippen LogP contribution in [0.1, 0.15) is 20.3 Å². The van der Waals surface area contributed by atoms with E-state index in [1.54, 1.807) is 0 Å². The predicted molar refractivity (Wildman–Crippen MR) is 193 cm³/mol. The van der Waals surface area contributed by atoms with E-state index in [1.165, 1.54) is 0 Å². The van der Waals surface area contributed by atoms with Crippen LogP contribution in [0.25, 0.3) is 0 Å². The summed E-state index contributed by atoms with van der Waals surface area (Å²) in [6.07, 6.45) is -36.7. The number of hydrogen-bond acceptors (Lipinski definition) is 25. The van der Waals surface area contributed by atoms with Crippen LogP contribution in [0.15, 0.2) is 0 Å². The Bertz CT molecular complexity index is 1420. The van der Waals surface area contributed by atoms with E-state index in [2.05, 4.69) is 10.6 Å². The van der Waals surface area contributed by atoms with Gasteiger partial charge >= 0.3 is 0 Å². The summed E-state index contributed by atoms with van der Waals surface area (Å²) in [6, 6.07) is -2.97. The molecule has 5 fully saturated rings. The average molecular weight is 909 g/mol. The van der Waals surface area contributed by atoms with Crippen LogP contribution >= 0.6 is 0 Å². The number of nitrogens with one attached hydrogen (secondary N) is 2. The molecule has 0 aliphatic carbocycles. The Balaban J connectivity index is 1.37. The van der Waals surface area contributed by atoms with Crippen LogP contribution in [0, 0.1) is 0 Å². The van der Waals surface area contributed by atoms with Crippen molar-refractivity contribution >= 4 is 11.8 Å². The number of carbonyl (C=O) groups excluding carboxylic acids is 2. The van der Waals surface area contributed by atoms with E-state index in [1.807, 2.05) is 0 Å². The van der Waals surface area contributed by atoms with E-state index in [0.717, 1.165) is 21.0 Å². The molecule has 62 heavy (non-hydrogen) atoms. The molecule has 5 aliphatic heterocycles. The molecule has 0 bridgehead atoms. The first-order valence-corrected chi connectivity index (χ1v) is 19.9. The zero-order chi connectivity index (χ0) is 45.7. The fourth-order valence-electron chi connectivity index (χ4n) is 7.94. The molecule has 24 atom stereocenters. The maximum absolute atomic E-state index is 12.0. The molecular formula is C35H60N2O25. The lowest BCUT2D eigenvalue weighted by Gasteiger charge is -2.49. The summed E-state index contributed by atoms with van der Waals surface area (Å²) in [7, 11) is 1.16. The molecule has 0 aromatic heterocycles. The molecule has 0 aromatic rings. The molecule has 27 nitrogen and oxygen atoms in total. The first-order valence-electron chi connectivity index (χ1n) is 19.9. The SMILES string of the molecule is CO[C@H]1[C@H](O[C@H]2O[C@H](CO)C[C@H](O)[C@@H]2O[C@@H]2O[C@H](CO)[C@@H](O)[C@H](O)[C@H]2NC(C)=O)[C@H](O)[C@H](O)O[C@@H]1CO[C@H]1O[C@H](CO)[C@@H](O)[C@H](O)[C@@H]1O[C@@H]1O[C@H](CO)[C@@H](O)[C@H](O)[C@H]1NC(C)=O. The Labute approximate surface area is 353 Å². The van der Waals surface area contributed by atoms with Gasteiger partial charge in [-0.3, -0.25) is 9.59 Å². The fraction of sp³-hybridized carbons (Fsp3) is 0.943. The van der Waals surface area contributed by atoms with E-state index in [4.69, 9.17) is 47.4 Å². The number of aliphatic hydroxyl groups is 13. The molecule has 360 valence electrons. The van der Waals surface area contributed by atoms with Crippen molar-refractivity contribution in [2.45, 2.75) is 168 Å². The smallest absolute Gasteiger partial charge is 0.217 e. The summed E-state index contributed by atoms with van der Waals surface area (Å²) in [6.45, 7) is -1.59. The molecule has 0 unspecified atom stereocenters. The summed E-state index contributed by atoms with van der Waals surface area (Å²) < 4.78 is 57.9. The van der Waals surface area contributed by atoms with Gasteiger partial charge in [0.05, 0.1) is 45.2 Å². The highest BCUT2D eigenvalue weighted by atomic mass is 16.8. The maximum atomic E-state index is 12.0. The van der Waals surface area contributed by atoms with Gasteiger partial charge in [-0.25, -0.2) is 0 Å². The van der Waals surface area contributed by atoms with Gasteiger partial charge in [-0.05, 0) is 0 Å². The zero-order valence-corrected chi connectivity index (χ0v) is 33.8. The minimum atomic E-state index is -2.05. The average Bonchev–Trinajstić information content (AvgIpc) is 3.23. The van der Waals surface area contributed by atoms with Crippen molar-refractivity contribution in [3.63, 3.8) is 0 Å². The van der Waals surface area contributed by atoms with Crippen molar-refractivity contribution in [3.05, 3.63) is 0 Å². The minimum absolute atomic E-state index is 0.256. The Morgan fingerprint density at radius 2 is 0.984 bits per heavy atom. The summed E-state index contributed by atoms with van der Waals surface area (Å²) in [5.41, 5.74) is 0. The Kier molecular flexibility index (Phi) is 18.5. The second kappa shape index (κ2) is 22.5. The highest BCUT2D eigenvalue weighted by Gasteiger charge is 2.55. The third kappa shape index (κ3) is 11.3. The van der Waals surface area contributed by atoms with Gasteiger partial charge in [0.25, 0.3) is 0 Å². The molecule has 5 aliphatic rings. The largest absolute Gasteiger partial charge is 0.394 e. The van der Waals surface area contributed by atoms with Gasteiger partial charge in [0.2, 0.25) is 11.8 Å². The molecule has 0 saturated carbocycles. The van der Waals surface area contributed by atoms with Crippen LogP contribution in [0.5, 0.6) is 0 Å². The van der Waals surface area contributed by atoms with Crippen LogP contribution in [-0.2, 0) is 57.0 Å². The van der Waals surface area contributed by atoms with Crippen molar-refractivity contribution in [2.24, 2.45) is 0 Å². The lowest BCUT2D eigenvalue weighted by molar-refractivity contribution is -0.378. The van der Waals surface area contributed by atoms with Crippen molar-refractivity contribution in [2.75, 3.05) is 40.1 Å². The molecule has 0 aromatic carbocycles. The summed E-state index contributed by atoms with van der Waals surface area (Å²) >= 11 is 0. The zero-order valence-electron chi connectivity index (χ0n) is 33.8. The van der Waals surface area contributed by atoms with Crippen LogP contribution in [0.2, 0.25) is 0 Å². The van der Waals surface area contributed by atoms with E-state index in [-0.39, 0.29) is 6.42 Å². The van der Waals surface area contributed by atoms with E-state index in [0.29, 0.717) is 0 Å². The molecule has 27 heteroatoms. The third-order valence-electron chi connectivity index (χ3n) is 11.2. The highest BCUT2D eigenvalue weighted by molar-refractivity contribution is 5.73. The maximum Gasteiger partial charge on any atom is 0.217 e. The normalized spacial score (nSPS) is 47.7. The molecule has 0 radical (unpaired) electrons. The molecule has 5 heterocycles. The Hall–Kier alpha value is -1.98. The summed E-state index contributed by atoms with van der Waals surface area (Å²) in [5.74, 6) is -1.37. The molecule has 15 N–H and O–H groups in total. The number of aliphatic hydroxyl groups excluding tert-OH is 13. The monoisotopic (exact) mass is 908 g/mol. The Morgan fingerprint density at radius 1 is 0.516 bits per heavy atom. The molecule has 0 spiro atoms. The number of hydrogen-bond donors (Lipinski definition) is 15. The molecule has 5 saturated heterocycles. The van der Waals surface area contributed by atoms with Crippen LogP contribution in [0.3, 0.4) is 0 Å². The third-order valence-corrected chi connectivity index (χ3v) is 11.2. The minimum Gasteiger partial charge on any atom is -0.394 e. The van der Waals surface area contributed by atoms with Gasteiger partial charge in [-0.2, -0.15) is 0 Å². The quantitative estimate of drug-likeness (QED) is 0.0684. The van der Waals surface area contributed by atoms with Crippen LogP contribution in [-0.4, -0.2) is 266 Å². The topological polar surface area (TPSA) is 413 Å². The van der Waals surface area contributed by atoms with Crippen LogP contribution < -0.4 is 10.6 Å². The number of carbonyl (C=O) groups is 2. The number of methoxy groups -OCH3 is 1. The second-order valence-electron chi connectivity index (χ2n) is 15.6. The first-order chi connectivity index (χ1) is 29.4. The summed E-state index contributed by atoms with van der Waals surface area (Å²) in [4.78, 5) is 24.1. The van der Waals surface area contributed by atoms with Gasteiger partial charge in [0.1, 0.15) is 104 Å². The standard InChI is InChI=1S/C35H60N2O25/c1-10(42)36-18-23(48)20(45)14(6-39)57-32(18)60-27-13(44)4-12(5-38)55-35(27)61-29-26(51)31(52)56-17(28(29)53-3)9-54-34-30(25(50)22(47)16(8-41)59-34)62-33-19(37-11(2)43)24(49)21(46)15(7-40)58-33/h12-35,38-41,44-52H,4-9H2,1-3H3,(H,36,42)(H,37,43)/t12-,13-,14+,15+,16+,17+,18+,19+,20+,21+,22+,23+,24+,25-,26-,27-,28+,29+,30-,31+,32-,33-,34-,35+/m0/s1. The van der Waals surface area contributed by atoms with Gasteiger partial charge in [-0.1, -0.05) is 0 Å². The number of rotatable bonds is 16. The number of amides is 2. The van der Waals surface area contributed by atoms with Crippen molar-refractivity contribution < 1.29 is 123 Å². The van der Waals surface area contributed by atoms with Crippen molar-refractivity contribution in [1.82, 2.24) is 10.6 Å². The number of ether oxygens (including phenoxy) is 10. The van der Waals surface area contributed by atoms with Crippen LogP contribution in [0.4, 0.5) is 0 Å². The second-order valence-corrected chi connectivity index (χ2v) is 15.6. The van der Waals surface area contributed by atoms with Gasteiger partial charge in [0.15, 0.2) is 31.5 Å². The fourth-order valence-corrected chi connectivity index (χ4v) is 7.94. The van der Waals surface area contributed by atoms with E-state index >= 15 is 0 Å². The molecular weight excluding hydrogens is 848 g/mol. The van der Waals surface area contributed by atoms with E-state index in [9.17, 15) is 76.0 Å². The lowest BCUT2D eigenvalue weighted by Crippen LogP contribution is -2.68. The first kappa shape index (κ1) is 51.0. The highest BCUT2D eigenvalue weighted by Crippen LogP contribution is 2.35. The van der Waals surface area contributed by atoms with Crippen molar-refractivity contribution in [1.29, 1.82) is 0 Å². The predicted octanol–water partition coefficient (Wildman–Crippen LogP) is -9.95. The van der Waals surface area contributed by atoms with Crippen molar-refractivity contribution in [3.8, 4) is 0 Å². The molecule has 5 rings (SSSR count). The lowest BCUT2D eigenvalue weighted by atomic mass is 9.95.